The number of carbonyl (C=O) groups excluding carboxylic acids is 1. The van der Waals surface area contributed by atoms with E-state index in [4.69, 9.17) is 4.74 Å². The number of hydrogen-bond donors (Lipinski definition) is 2. The van der Waals surface area contributed by atoms with Crippen LogP contribution >= 0.6 is 0 Å². The second kappa shape index (κ2) is 7.99. The van der Waals surface area contributed by atoms with Gasteiger partial charge in [-0.15, -0.1) is 0 Å². The molecule has 2 heterocycles. The Morgan fingerprint density at radius 3 is 2.70 bits per heavy atom. The molecular formula is C17H30N2O4. The SMILES string of the molecule is CC1CC(C(=O)O)CN(C(=O)NCC2CCOC(C(C)C)C2)C1. The predicted octanol–water partition coefficient (Wildman–Crippen LogP) is 2.19. The Balaban J connectivity index is 1.81. The third-order valence-electron chi connectivity index (χ3n) is 5.01. The molecule has 4 atom stereocenters. The Morgan fingerprint density at radius 1 is 1.30 bits per heavy atom. The largest absolute Gasteiger partial charge is 0.481 e. The minimum atomic E-state index is -0.807. The number of carboxylic acid groups (broad SMARTS) is 1. The van der Waals surface area contributed by atoms with Crippen LogP contribution in [0.4, 0.5) is 4.79 Å². The van der Waals surface area contributed by atoms with Crippen LogP contribution in [0.25, 0.3) is 0 Å². The number of piperidine rings is 1. The smallest absolute Gasteiger partial charge is 0.317 e. The van der Waals surface area contributed by atoms with E-state index in [2.05, 4.69) is 19.2 Å². The number of nitrogens with zero attached hydrogens (tertiary/aromatic N) is 1. The van der Waals surface area contributed by atoms with E-state index in [0.717, 1.165) is 19.4 Å². The molecule has 6 nitrogen and oxygen atoms in total. The van der Waals surface area contributed by atoms with Crippen molar-refractivity contribution < 1.29 is 19.4 Å². The summed E-state index contributed by atoms with van der Waals surface area (Å²) in [6.07, 6.45) is 2.87. The summed E-state index contributed by atoms with van der Waals surface area (Å²) in [4.78, 5) is 25.2. The summed E-state index contributed by atoms with van der Waals surface area (Å²) in [5, 5.41) is 12.2. The maximum Gasteiger partial charge on any atom is 0.317 e. The summed E-state index contributed by atoms with van der Waals surface area (Å²) in [5.74, 6) is -0.0918. The Bertz CT molecular complexity index is 427. The third kappa shape index (κ3) is 5.09. The standard InChI is InChI=1S/C17H30N2O4/c1-11(2)15-7-13(4-5-23-15)8-18-17(22)19-9-12(3)6-14(10-19)16(20)21/h11-15H,4-10H2,1-3H3,(H,18,22)(H,20,21). The van der Waals surface area contributed by atoms with Crippen LogP contribution in [0.5, 0.6) is 0 Å². The molecule has 0 aromatic heterocycles. The Labute approximate surface area is 138 Å². The first-order chi connectivity index (χ1) is 10.9. The first kappa shape index (κ1) is 18.0. The van der Waals surface area contributed by atoms with Gasteiger partial charge in [0.2, 0.25) is 0 Å². The minimum absolute atomic E-state index is 0.129. The molecule has 0 aliphatic carbocycles. The quantitative estimate of drug-likeness (QED) is 0.830. The molecule has 2 amide bonds. The average molecular weight is 326 g/mol. The van der Waals surface area contributed by atoms with Crippen LogP contribution in [-0.2, 0) is 9.53 Å². The van der Waals surface area contributed by atoms with Crippen molar-refractivity contribution in [3.05, 3.63) is 0 Å². The second-order valence-electron chi connectivity index (χ2n) is 7.51. The van der Waals surface area contributed by atoms with Gasteiger partial charge in [0.15, 0.2) is 0 Å². The summed E-state index contributed by atoms with van der Waals surface area (Å²) >= 11 is 0. The molecule has 0 aromatic carbocycles. The van der Waals surface area contributed by atoms with Gasteiger partial charge in [0.1, 0.15) is 0 Å². The van der Waals surface area contributed by atoms with E-state index in [1.807, 2.05) is 6.92 Å². The zero-order valence-electron chi connectivity index (χ0n) is 14.5. The highest BCUT2D eigenvalue weighted by Gasteiger charge is 2.32. The van der Waals surface area contributed by atoms with E-state index in [-0.39, 0.29) is 18.1 Å². The molecule has 2 aliphatic heterocycles. The fraction of sp³-hybridized carbons (Fsp3) is 0.882. The van der Waals surface area contributed by atoms with Crippen molar-refractivity contribution in [3.63, 3.8) is 0 Å². The molecule has 0 aromatic rings. The average Bonchev–Trinajstić information content (AvgIpc) is 2.52. The summed E-state index contributed by atoms with van der Waals surface area (Å²) < 4.78 is 5.76. The lowest BCUT2D eigenvalue weighted by Crippen LogP contribution is -2.50. The van der Waals surface area contributed by atoms with Crippen LogP contribution < -0.4 is 5.32 Å². The summed E-state index contributed by atoms with van der Waals surface area (Å²) in [6.45, 7) is 8.67. The van der Waals surface area contributed by atoms with E-state index < -0.39 is 11.9 Å². The van der Waals surface area contributed by atoms with Gasteiger partial charge in [0, 0.05) is 26.2 Å². The van der Waals surface area contributed by atoms with Gasteiger partial charge in [-0.1, -0.05) is 20.8 Å². The molecule has 0 saturated carbocycles. The third-order valence-corrected chi connectivity index (χ3v) is 5.01. The van der Waals surface area contributed by atoms with Gasteiger partial charge in [-0.25, -0.2) is 4.79 Å². The topological polar surface area (TPSA) is 78.9 Å². The molecule has 6 heteroatoms. The number of urea groups is 1. The van der Waals surface area contributed by atoms with Crippen LogP contribution in [0.1, 0.15) is 40.0 Å². The van der Waals surface area contributed by atoms with Crippen molar-refractivity contribution in [1.82, 2.24) is 10.2 Å². The van der Waals surface area contributed by atoms with Crippen molar-refractivity contribution in [2.75, 3.05) is 26.2 Å². The van der Waals surface area contributed by atoms with Crippen molar-refractivity contribution in [2.24, 2.45) is 23.7 Å². The fourth-order valence-corrected chi connectivity index (χ4v) is 3.59. The van der Waals surface area contributed by atoms with Gasteiger partial charge in [0.25, 0.3) is 0 Å². The number of ether oxygens (including phenoxy) is 1. The Hall–Kier alpha value is -1.30. The highest BCUT2D eigenvalue weighted by Crippen LogP contribution is 2.25. The molecule has 2 aliphatic rings. The molecule has 2 rings (SSSR count). The lowest BCUT2D eigenvalue weighted by molar-refractivity contribution is -0.143. The normalized spacial score (nSPS) is 31.9. The lowest BCUT2D eigenvalue weighted by Gasteiger charge is -2.36. The molecule has 0 radical (unpaired) electrons. The molecular weight excluding hydrogens is 296 g/mol. The van der Waals surface area contributed by atoms with E-state index >= 15 is 0 Å². The number of carbonyl (C=O) groups is 2. The van der Waals surface area contributed by atoms with Crippen molar-refractivity contribution in [1.29, 1.82) is 0 Å². The fourth-order valence-electron chi connectivity index (χ4n) is 3.59. The monoisotopic (exact) mass is 326 g/mol. The maximum absolute atomic E-state index is 12.4. The van der Waals surface area contributed by atoms with Gasteiger partial charge >= 0.3 is 12.0 Å². The molecule has 23 heavy (non-hydrogen) atoms. The summed E-state index contributed by atoms with van der Waals surface area (Å²) in [7, 11) is 0. The number of nitrogens with one attached hydrogen (secondary N) is 1. The van der Waals surface area contributed by atoms with Gasteiger partial charge in [-0.2, -0.15) is 0 Å². The molecule has 0 bridgehead atoms. The minimum Gasteiger partial charge on any atom is -0.481 e. The van der Waals surface area contributed by atoms with Crippen LogP contribution in [0.3, 0.4) is 0 Å². The number of hydrogen-bond acceptors (Lipinski definition) is 3. The zero-order valence-corrected chi connectivity index (χ0v) is 14.5. The lowest BCUT2D eigenvalue weighted by atomic mass is 9.90. The highest BCUT2D eigenvalue weighted by molar-refractivity contribution is 5.76. The van der Waals surface area contributed by atoms with Crippen molar-refractivity contribution >= 4 is 12.0 Å². The van der Waals surface area contributed by atoms with E-state index in [1.165, 1.54) is 0 Å². The number of aliphatic carboxylic acids is 1. The van der Waals surface area contributed by atoms with Crippen molar-refractivity contribution in [2.45, 2.75) is 46.1 Å². The van der Waals surface area contributed by atoms with Crippen LogP contribution in [0, 0.1) is 23.7 Å². The first-order valence-corrected chi connectivity index (χ1v) is 8.74. The van der Waals surface area contributed by atoms with E-state index in [9.17, 15) is 14.7 Å². The Kier molecular flexibility index (Phi) is 6.27. The van der Waals surface area contributed by atoms with Crippen LogP contribution in [-0.4, -0.2) is 54.4 Å². The summed E-state index contributed by atoms with van der Waals surface area (Å²) in [5.41, 5.74) is 0. The number of rotatable bonds is 4. The predicted molar refractivity (Wildman–Crippen MR) is 87.2 cm³/mol. The molecule has 2 saturated heterocycles. The van der Waals surface area contributed by atoms with Crippen molar-refractivity contribution in [3.8, 4) is 0 Å². The first-order valence-electron chi connectivity index (χ1n) is 8.74. The molecule has 2 fully saturated rings. The van der Waals surface area contributed by atoms with Crippen LogP contribution in [0.2, 0.25) is 0 Å². The molecule has 4 unspecified atom stereocenters. The van der Waals surface area contributed by atoms with E-state index in [1.54, 1.807) is 4.90 Å². The van der Waals surface area contributed by atoms with Gasteiger partial charge in [-0.3, -0.25) is 4.79 Å². The van der Waals surface area contributed by atoms with Gasteiger partial charge in [-0.05, 0) is 37.0 Å². The Morgan fingerprint density at radius 2 is 2.04 bits per heavy atom. The van der Waals surface area contributed by atoms with Gasteiger partial charge < -0.3 is 20.1 Å². The number of likely N-dealkylation sites (tertiary alicyclic amines) is 1. The molecule has 132 valence electrons. The molecule has 2 N–H and O–H groups in total. The number of amides is 2. The van der Waals surface area contributed by atoms with Gasteiger partial charge in [0.05, 0.1) is 12.0 Å². The van der Waals surface area contributed by atoms with Crippen LogP contribution in [0.15, 0.2) is 0 Å². The van der Waals surface area contributed by atoms with E-state index in [0.29, 0.717) is 37.9 Å². The number of carboxylic acids is 1. The maximum atomic E-state index is 12.4. The molecule has 0 spiro atoms. The highest BCUT2D eigenvalue weighted by atomic mass is 16.5. The zero-order chi connectivity index (χ0) is 17.0. The second-order valence-corrected chi connectivity index (χ2v) is 7.51. The summed E-state index contributed by atoms with van der Waals surface area (Å²) in [6, 6.07) is -0.129.